The van der Waals surface area contributed by atoms with Crippen LogP contribution in [0.3, 0.4) is 0 Å². The Hall–Kier alpha value is -0.850. The highest BCUT2D eigenvalue weighted by Gasteiger charge is 1.91. The standard InChI is InChI=1S/C9H12N/c1-3-8-6-5-7-9(4-2)10-8/h5-6H,3-4H2,1-2H3. The van der Waals surface area contributed by atoms with Crippen molar-refractivity contribution in [1.82, 2.24) is 4.98 Å². The molecule has 0 saturated carbocycles. The summed E-state index contributed by atoms with van der Waals surface area (Å²) in [6.07, 6.45) is 2.00. The minimum absolute atomic E-state index is 0.980. The van der Waals surface area contributed by atoms with Crippen LogP contribution in [0.2, 0.25) is 0 Å². The van der Waals surface area contributed by atoms with Crippen LogP contribution in [-0.4, -0.2) is 4.98 Å². The molecule has 0 aliphatic rings. The summed E-state index contributed by atoms with van der Waals surface area (Å²) in [6, 6.07) is 7.04. The Morgan fingerprint density at radius 3 is 2.80 bits per heavy atom. The van der Waals surface area contributed by atoms with E-state index in [2.05, 4.69) is 24.9 Å². The van der Waals surface area contributed by atoms with Gasteiger partial charge >= 0.3 is 0 Å². The van der Waals surface area contributed by atoms with E-state index in [1.54, 1.807) is 0 Å². The van der Waals surface area contributed by atoms with E-state index in [1.807, 2.05) is 12.1 Å². The zero-order valence-corrected chi connectivity index (χ0v) is 6.52. The van der Waals surface area contributed by atoms with Crippen LogP contribution in [0.1, 0.15) is 25.2 Å². The molecule has 1 aromatic heterocycles. The third kappa shape index (κ3) is 1.56. The molecular weight excluding hydrogens is 122 g/mol. The van der Waals surface area contributed by atoms with E-state index < -0.39 is 0 Å². The molecule has 0 spiro atoms. The van der Waals surface area contributed by atoms with E-state index >= 15 is 0 Å². The fourth-order valence-electron chi connectivity index (χ4n) is 0.855. The molecule has 0 N–H and O–H groups in total. The Bertz CT molecular complexity index is 186. The van der Waals surface area contributed by atoms with Gasteiger partial charge in [0.1, 0.15) is 0 Å². The van der Waals surface area contributed by atoms with E-state index in [9.17, 15) is 0 Å². The molecule has 0 aromatic carbocycles. The summed E-state index contributed by atoms with van der Waals surface area (Å²) >= 11 is 0. The lowest BCUT2D eigenvalue weighted by Gasteiger charge is -1.97. The number of pyridine rings is 1. The van der Waals surface area contributed by atoms with E-state index in [0.717, 1.165) is 24.2 Å². The van der Waals surface area contributed by atoms with Gasteiger partial charge in [-0.3, -0.25) is 4.98 Å². The fraction of sp³-hybridized carbons (Fsp3) is 0.444. The summed E-state index contributed by atoms with van der Waals surface area (Å²) in [6.45, 7) is 4.21. The third-order valence-corrected chi connectivity index (χ3v) is 1.50. The topological polar surface area (TPSA) is 12.9 Å². The molecule has 0 aliphatic heterocycles. The fourth-order valence-corrected chi connectivity index (χ4v) is 0.855. The largest absolute Gasteiger partial charge is 0.257 e. The van der Waals surface area contributed by atoms with Crippen LogP contribution < -0.4 is 0 Å². The summed E-state index contributed by atoms with van der Waals surface area (Å²) in [5, 5.41) is 0. The van der Waals surface area contributed by atoms with Gasteiger partial charge in [0.15, 0.2) is 0 Å². The van der Waals surface area contributed by atoms with Gasteiger partial charge in [0.05, 0.1) is 0 Å². The molecule has 1 heterocycles. The van der Waals surface area contributed by atoms with Crippen molar-refractivity contribution >= 4 is 0 Å². The molecule has 0 saturated heterocycles. The Labute approximate surface area is 62.1 Å². The summed E-state index contributed by atoms with van der Waals surface area (Å²) in [7, 11) is 0. The van der Waals surface area contributed by atoms with Crippen LogP contribution in [0.25, 0.3) is 0 Å². The highest BCUT2D eigenvalue weighted by Crippen LogP contribution is 1.99. The molecule has 10 heavy (non-hydrogen) atoms. The van der Waals surface area contributed by atoms with Gasteiger partial charge in [-0.1, -0.05) is 19.9 Å². The number of nitrogens with zero attached hydrogens (tertiary/aromatic N) is 1. The van der Waals surface area contributed by atoms with Crippen LogP contribution in [0.15, 0.2) is 12.1 Å². The number of aryl methyl sites for hydroxylation is 2. The number of rotatable bonds is 2. The summed E-state index contributed by atoms with van der Waals surface area (Å²) in [4.78, 5) is 4.35. The SMILES string of the molecule is CCc1[c]ccc(CC)n1. The molecule has 0 fully saturated rings. The normalized spacial score (nSPS) is 9.80. The van der Waals surface area contributed by atoms with E-state index in [4.69, 9.17) is 0 Å². The molecule has 1 rings (SSSR count). The molecule has 53 valence electrons. The van der Waals surface area contributed by atoms with Gasteiger partial charge in [-0.25, -0.2) is 0 Å². The van der Waals surface area contributed by atoms with Gasteiger partial charge in [-0.2, -0.15) is 0 Å². The average Bonchev–Trinajstić information content (AvgIpc) is 2.05. The van der Waals surface area contributed by atoms with Gasteiger partial charge in [0.2, 0.25) is 0 Å². The zero-order valence-electron chi connectivity index (χ0n) is 6.52. The van der Waals surface area contributed by atoms with E-state index in [-0.39, 0.29) is 0 Å². The third-order valence-electron chi connectivity index (χ3n) is 1.50. The number of aromatic nitrogens is 1. The number of hydrogen-bond donors (Lipinski definition) is 0. The quantitative estimate of drug-likeness (QED) is 0.603. The lowest BCUT2D eigenvalue weighted by molar-refractivity contribution is 0.952. The second-order valence-corrected chi connectivity index (χ2v) is 2.23. The Morgan fingerprint density at radius 1 is 1.40 bits per heavy atom. The second-order valence-electron chi connectivity index (χ2n) is 2.23. The van der Waals surface area contributed by atoms with E-state index in [1.165, 1.54) is 0 Å². The van der Waals surface area contributed by atoms with Crippen LogP contribution in [0.5, 0.6) is 0 Å². The maximum absolute atomic E-state index is 4.35. The first kappa shape index (κ1) is 7.26. The molecule has 0 amide bonds. The summed E-state index contributed by atoms with van der Waals surface area (Å²) < 4.78 is 0. The van der Waals surface area contributed by atoms with Crippen molar-refractivity contribution in [2.24, 2.45) is 0 Å². The zero-order chi connectivity index (χ0) is 7.40. The van der Waals surface area contributed by atoms with Crippen molar-refractivity contribution in [2.75, 3.05) is 0 Å². The van der Waals surface area contributed by atoms with Crippen molar-refractivity contribution in [3.05, 3.63) is 29.6 Å². The molecule has 0 unspecified atom stereocenters. The lowest BCUT2D eigenvalue weighted by atomic mass is 10.2. The maximum Gasteiger partial charge on any atom is 0.0483 e. The van der Waals surface area contributed by atoms with Crippen molar-refractivity contribution < 1.29 is 0 Å². The van der Waals surface area contributed by atoms with Crippen LogP contribution in [0, 0.1) is 6.07 Å². The smallest absolute Gasteiger partial charge is 0.0483 e. The van der Waals surface area contributed by atoms with Gasteiger partial charge < -0.3 is 0 Å². The first-order valence-corrected chi connectivity index (χ1v) is 3.73. The summed E-state index contributed by atoms with van der Waals surface area (Å²) in [5.74, 6) is 0. The number of hydrogen-bond acceptors (Lipinski definition) is 1. The second kappa shape index (κ2) is 3.35. The lowest BCUT2D eigenvalue weighted by Crippen LogP contribution is -1.91. The van der Waals surface area contributed by atoms with Crippen molar-refractivity contribution in [2.45, 2.75) is 26.7 Å². The van der Waals surface area contributed by atoms with Crippen molar-refractivity contribution in [3.8, 4) is 0 Å². The molecule has 1 heteroatoms. The minimum atomic E-state index is 0.980. The first-order valence-electron chi connectivity index (χ1n) is 3.73. The monoisotopic (exact) mass is 134 g/mol. The first-order chi connectivity index (χ1) is 4.86. The highest BCUT2D eigenvalue weighted by molar-refractivity contribution is 5.09. The predicted octanol–water partition coefficient (Wildman–Crippen LogP) is 2.01. The van der Waals surface area contributed by atoms with Crippen molar-refractivity contribution in [1.29, 1.82) is 0 Å². The van der Waals surface area contributed by atoms with Crippen molar-refractivity contribution in [3.63, 3.8) is 0 Å². The molecule has 1 nitrogen and oxygen atoms in total. The van der Waals surface area contributed by atoms with Gasteiger partial charge in [0.25, 0.3) is 0 Å². The molecule has 1 aromatic rings. The molecule has 0 atom stereocenters. The summed E-state index contributed by atoms with van der Waals surface area (Å²) in [5.41, 5.74) is 2.23. The average molecular weight is 134 g/mol. The highest BCUT2D eigenvalue weighted by atomic mass is 14.7. The Morgan fingerprint density at radius 2 is 2.20 bits per heavy atom. The van der Waals surface area contributed by atoms with Crippen LogP contribution >= 0.6 is 0 Å². The Kier molecular flexibility index (Phi) is 2.43. The van der Waals surface area contributed by atoms with Gasteiger partial charge in [0, 0.05) is 17.5 Å². The van der Waals surface area contributed by atoms with Crippen LogP contribution in [-0.2, 0) is 12.8 Å². The van der Waals surface area contributed by atoms with Crippen LogP contribution in [0.4, 0.5) is 0 Å². The molecule has 1 radical (unpaired) electrons. The van der Waals surface area contributed by atoms with E-state index in [0.29, 0.717) is 0 Å². The molecular formula is C9H12N. The molecule has 0 aliphatic carbocycles. The minimum Gasteiger partial charge on any atom is -0.257 e. The van der Waals surface area contributed by atoms with Gasteiger partial charge in [-0.05, 0) is 18.9 Å². The van der Waals surface area contributed by atoms with Gasteiger partial charge in [-0.15, -0.1) is 0 Å². The molecule has 0 bridgehead atoms. The maximum atomic E-state index is 4.35. The Balaban J connectivity index is 2.87. The predicted molar refractivity (Wildman–Crippen MR) is 41.8 cm³/mol.